The number of hydrogen-bond donors (Lipinski definition) is 1. The van der Waals surface area contributed by atoms with Crippen molar-refractivity contribution in [2.45, 2.75) is 19.8 Å². The van der Waals surface area contributed by atoms with Gasteiger partial charge in [-0.05, 0) is 30.5 Å². The highest BCUT2D eigenvalue weighted by atomic mass is 32.1. The predicted molar refractivity (Wildman–Crippen MR) is 80.5 cm³/mol. The predicted octanol–water partition coefficient (Wildman–Crippen LogP) is 2.70. The van der Waals surface area contributed by atoms with Crippen LogP contribution >= 0.6 is 11.3 Å². The van der Waals surface area contributed by atoms with Crippen LogP contribution < -0.4 is 10.2 Å². The van der Waals surface area contributed by atoms with Gasteiger partial charge in [0.1, 0.15) is 5.82 Å². The molecule has 0 saturated carbocycles. The highest BCUT2D eigenvalue weighted by Crippen LogP contribution is 2.30. The molecule has 0 atom stereocenters. The first-order chi connectivity index (χ1) is 10.2. The van der Waals surface area contributed by atoms with Gasteiger partial charge in [0.05, 0.1) is 5.69 Å². The molecule has 1 N–H and O–H groups in total. The lowest BCUT2D eigenvalue weighted by Gasteiger charge is -2.15. The summed E-state index contributed by atoms with van der Waals surface area (Å²) in [5.74, 6) is -0.558. The zero-order chi connectivity index (χ0) is 14.8. The van der Waals surface area contributed by atoms with E-state index in [2.05, 4.69) is 22.4 Å². The Morgan fingerprint density at radius 1 is 1.48 bits per heavy atom. The van der Waals surface area contributed by atoms with Crippen LogP contribution in [0.3, 0.4) is 0 Å². The molecule has 1 aliphatic heterocycles. The molecule has 0 bridgehead atoms. The van der Waals surface area contributed by atoms with Crippen LogP contribution in [0, 0.1) is 5.82 Å². The molecular formula is C14H15FN4OS. The fraction of sp³-hybridized carbons (Fsp3) is 0.357. The van der Waals surface area contributed by atoms with Crippen molar-refractivity contribution >= 4 is 28.1 Å². The van der Waals surface area contributed by atoms with E-state index in [1.807, 2.05) is 0 Å². The molecule has 1 amide bonds. The van der Waals surface area contributed by atoms with E-state index >= 15 is 0 Å². The summed E-state index contributed by atoms with van der Waals surface area (Å²) in [7, 11) is 0. The van der Waals surface area contributed by atoms with Crippen LogP contribution in [0.15, 0.2) is 18.2 Å². The number of halogens is 1. The monoisotopic (exact) mass is 306 g/mol. The lowest BCUT2D eigenvalue weighted by Crippen LogP contribution is -2.28. The second-order valence-corrected chi connectivity index (χ2v) is 5.80. The minimum atomic E-state index is -0.337. The lowest BCUT2D eigenvalue weighted by atomic mass is 10.2. The largest absolute Gasteiger partial charge is 0.360 e. The van der Waals surface area contributed by atoms with Crippen molar-refractivity contribution in [2.24, 2.45) is 0 Å². The van der Waals surface area contributed by atoms with Gasteiger partial charge in [-0.3, -0.25) is 4.79 Å². The Kier molecular flexibility index (Phi) is 3.83. The zero-order valence-corrected chi connectivity index (χ0v) is 12.4. The average Bonchev–Trinajstić information content (AvgIpc) is 3.10. The van der Waals surface area contributed by atoms with Crippen molar-refractivity contribution < 1.29 is 9.18 Å². The number of rotatable bonds is 4. The van der Waals surface area contributed by atoms with E-state index in [1.54, 1.807) is 11.0 Å². The van der Waals surface area contributed by atoms with Gasteiger partial charge in [-0.15, -0.1) is 10.2 Å². The first kappa shape index (κ1) is 13.9. The summed E-state index contributed by atoms with van der Waals surface area (Å²) in [6, 6.07) is 4.55. The normalized spacial score (nSPS) is 13.3. The van der Waals surface area contributed by atoms with Crippen LogP contribution in [0.4, 0.5) is 15.2 Å². The Bertz CT molecular complexity index is 673. The molecule has 1 aromatic heterocycles. The Morgan fingerprint density at radius 3 is 3.14 bits per heavy atom. The molecule has 2 heterocycles. The molecule has 0 unspecified atom stereocenters. The fourth-order valence-corrected chi connectivity index (χ4v) is 3.01. The SMILES string of the molecule is CCCNc1nnc(C(=O)N2CCc3ccc(F)cc32)s1. The van der Waals surface area contributed by atoms with Gasteiger partial charge < -0.3 is 10.2 Å². The maximum Gasteiger partial charge on any atom is 0.289 e. The van der Waals surface area contributed by atoms with Crippen LogP contribution in [0.2, 0.25) is 0 Å². The third kappa shape index (κ3) is 2.73. The maximum atomic E-state index is 13.4. The first-order valence-corrected chi connectivity index (χ1v) is 7.68. The number of carbonyl (C=O) groups is 1. The van der Waals surface area contributed by atoms with E-state index in [4.69, 9.17) is 0 Å². The van der Waals surface area contributed by atoms with E-state index in [1.165, 1.54) is 23.5 Å². The number of aromatic nitrogens is 2. The molecule has 3 rings (SSSR count). The van der Waals surface area contributed by atoms with Gasteiger partial charge in [0.25, 0.3) is 5.91 Å². The van der Waals surface area contributed by atoms with Gasteiger partial charge in [-0.25, -0.2) is 4.39 Å². The fourth-order valence-electron chi connectivity index (χ4n) is 2.29. The molecule has 0 fully saturated rings. The number of benzene rings is 1. The molecule has 110 valence electrons. The van der Waals surface area contributed by atoms with E-state index in [0.29, 0.717) is 22.4 Å². The first-order valence-electron chi connectivity index (χ1n) is 6.86. The zero-order valence-electron chi connectivity index (χ0n) is 11.6. The van der Waals surface area contributed by atoms with E-state index in [-0.39, 0.29) is 11.7 Å². The third-order valence-corrected chi connectivity index (χ3v) is 4.19. The van der Waals surface area contributed by atoms with Gasteiger partial charge in [-0.1, -0.05) is 24.3 Å². The highest BCUT2D eigenvalue weighted by Gasteiger charge is 2.28. The Labute approximate surface area is 125 Å². The molecule has 1 aliphatic rings. The van der Waals surface area contributed by atoms with Gasteiger partial charge in [-0.2, -0.15) is 0 Å². The summed E-state index contributed by atoms with van der Waals surface area (Å²) in [5.41, 5.74) is 1.62. The molecule has 5 nitrogen and oxygen atoms in total. The quantitative estimate of drug-likeness (QED) is 0.943. The molecule has 21 heavy (non-hydrogen) atoms. The minimum absolute atomic E-state index is 0.221. The Hall–Kier alpha value is -2.02. The second kappa shape index (κ2) is 5.77. The van der Waals surface area contributed by atoms with Crippen LogP contribution in [0.25, 0.3) is 0 Å². The van der Waals surface area contributed by atoms with Gasteiger partial charge in [0, 0.05) is 13.1 Å². The highest BCUT2D eigenvalue weighted by molar-refractivity contribution is 7.17. The summed E-state index contributed by atoms with van der Waals surface area (Å²) in [4.78, 5) is 14.1. The van der Waals surface area contributed by atoms with Crippen molar-refractivity contribution in [1.82, 2.24) is 10.2 Å². The molecule has 1 aromatic carbocycles. The van der Waals surface area contributed by atoms with Crippen molar-refractivity contribution in [3.8, 4) is 0 Å². The topological polar surface area (TPSA) is 58.1 Å². The third-order valence-electron chi connectivity index (χ3n) is 3.32. The molecular weight excluding hydrogens is 291 g/mol. The minimum Gasteiger partial charge on any atom is -0.360 e. The van der Waals surface area contributed by atoms with Crippen LogP contribution in [-0.4, -0.2) is 29.2 Å². The van der Waals surface area contributed by atoms with Gasteiger partial charge in [0.15, 0.2) is 0 Å². The molecule has 0 saturated heterocycles. The van der Waals surface area contributed by atoms with E-state index in [0.717, 1.165) is 24.9 Å². The molecule has 7 heteroatoms. The number of nitrogens with one attached hydrogen (secondary N) is 1. The average molecular weight is 306 g/mol. The number of hydrogen-bond acceptors (Lipinski definition) is 5. The summed E-state index contributed by atoms with van der Waals surface area (Å²) in [5, 5.41) is 12.0. The summed E-state index contributed by atoms with van der Waals surface area (Å²) in [6.07, 6.45) is 1.71. The second-order valence-electron chi connectivity index (χ2n) is 4.82. The molecule has 2 aromatic rings. The van der Waals surface area contributed by atoms with Crippen LogP contribution in [-0.2, 0) is 6.42 Å². The van der Waals surface area contributed by atoms with Crippen molar-refractivity contribution in [2.75, 3.05) is 23.3 Å². The van der Waals surface area contributed by atoms with Crippen molar-refractivity contribution in [3.05, 3.63) is 34.6 Å². The number of carbonyl (C=O) groups excluding carboxylic acids is 1. The lowest BCUT2D eigenvalue weighted by molar-refractivity contribution is 0.0988. The summed E-state index contributed by atoms with van der Waals surface area (Å²) < 4.78 is 13.4. The van der Waals surface area contributed by atoms with E-state index in [9.17, 15) is 9.18 Å². The van der Waals surface area contributed by atoms with Crippen LogP contribution in [0.5, 0.6) is 0 Å². The van der Waals surface area contributed by atoms with Gasteiger partial charge in [0.2, 0.25) is 10.1 Å². The van der Waals surface area contributed by atoms with Crippen molar-refractivity contribution in [3.63, 3.8) is 0 Å². The molecule has 0 spiro atoms. The number of anilines is 2. The summed E-state index contributed by atoms with van der Waals surface area (Å²) >= 11 is 1.23. The standard InChI is InChI=1S/C14H15FN4OS/c1-2-6-16-14-18-17-12(21-14)13(20)19-7-5-9-3-4-10(15)8-11(9)19/h3-4,8H,2,5-7H2,1H3,(H,16,18). The van der Waals surface area contributed by atoms with Gasteiger partial charge >= 0.3 is 0 Å². The smallest absolute Gasteiger partial charge is 0.289 e. The Morgan fingerprint density at radius 2 is 2.33 bits per heavy atom. The molecule has 0 radical (unpaired) electrons. The number of nitrogens with zero attached hydrogens (tertiary/aromatic N) is 3. The van der Waals surface area contributed by atoms with Crippen LogP contribution in [0.1, 0.15) is 28.7 Å². The Balaban J connectivity index is 1.81. The van der Waals surface area contributed by atoms with Crippen molar-refractivity contribution in [1.29, 1.82) is 0 Å². The van der Waals surface area contributed by atoms with E-state index < -0.39 is 0 Å². The molecule has 0 aliphatic carbocycles. The maximum absolute atomic E-state index is 13.4. The summed E-state index contributed by atoms with van der Waals surface area (Å²) in [6.45, 7) is 3.39. The number of fused-ring (bicyclic) bond motifs is 1. The number of amides is 1.